The van der Waals surface area contributed by atoms with E-state index in [4.69, 9.17) is 0 Å². The van der Waals surface area contributed by atoms with E-state index in [1.54, 1.807) is 12.5 Å². The molecule has 0 fully saturated rings. The molecule has 0 aliphatic rings. The molecule has 2 rings (SSSR count). The van der Waals surface area contributed by atoms with Crippen LogP contribution in [0.15, 0.2) is 12.5 Å². The topological polar surface area (TPSA) is 54.5 Å². The monoisotopic (exact) mass is 196 g/mol. The molecule has 4 nitrogen and oxygen atoms in total. The van der Waals surface area contributed by atoms with E-state index in [1.165, 1.54) is 16.9 Å². The SMILES string of the molecule is [AsH2]c1ncc2nc[nH]c2n1. The maximum absolute atomic E-state index is 4.13. The van der Waals surface area contributed by atoms with Gasteiger partial charge in [-0.2, -0.15) is 0 Å². The summed E-state index contributed by atoms with van der Waals surface area (Å²) in [4.78, 5) is 15.0. The maximum atomic E-state index is 4.13. The van der Waals surface area contributed by atoms with Gasteiger partial charge < -0.3 is 0 Å². The Balaban J connectivity index is 2.86. The van der Waals surface area contributed by atoms with Gasteiger partial charge in [-0.05, 0) is 0 Å². The fourth-order valence-electron chi connectivity index (χ4n) is 0.753. The van der Waals surface area contributed by atoms with Crippen molar-refractivity contribution in [3.8, 4) is 0 Å². The number of fused-ring (bicyclic) bond motifs is 1. The summed E-state index contributed by atoms with van der Waals surface area (Å²) in [6.45, 7) is 0. The summed E-state index contributed by atoms with van der Waals surface area (Å²) in [5.74, 6) is 0. The molecule has 2 heterocycles. The molecule has 0 saturated heterocycles. The van der Waals surface area contributed by atoms with Gasteiger partial charge in [-0.3, -0.25) is 0 Å². The summed E-state index contributed by atoms with van der Waals surface area (Å²) in [5, 5.41) is 0. The van der Waals surface area contributed by atoms with Gasteiger partial charge in [-0.25, -0.2) is 0 Å². The van der Waals surface area contributed by atoms with Crippen molar-refractivity contribution in [3.63, 3.8) is 0 Å². The third-order valence-corrected chi connectivity index (χ3v) is 1.78. The summed E-state index contributed by atoms with van der Waals surface area (Å²) in [6, 6.07) is 0. The Kier molecular flexibility index (Phi) is 1.21. The van der Waals surface area contributed by atoms with E-state index < -0.39 is 0 Å². The molecule has 0 aromatic carbocycles. The van der Waals surface area contributed by atoms with Crippen LogP contribution in [0.1, 0.15) is 0 Å². The van der Waals surface area contributed by atoms with E-state index in [-0.39, 0.29) is 0 Å². The summed E-state index contributed by atoms with van der Waals surface area (Å²) in [5.41, 5.74) is 1.63. The number of nitrogens with zero attached hydrogens (tertiary/aromatic N) is 3. The second-order valence-corrected chi connectivity index (χ2v) is 2.95. The molecule has 1 unspecified atom stereocenters. The number of rotatable bonds is 0. The van der Waals surface area contributed by atoms with Crippen molar-refractivity contribution in [2.75, 3.05) is 0 Å². The van der Waals surface area contributed by atoms with Crippen LogP contribution in [0.2, 0.25) is 0 Å². The van der Waals surface area contributed by atoms with Crippen molar-refractivity contribution in [3.05, 3.63) is 12.5 Å². The Labute approximate surface area is 65.6 Å². The molecule has 2 aromatic rings. The molecule has 0 aliphatic heterocycles. The van der Waals surface area contributed by atoms with Crippen LogP contribution in [0.25, 0.3) is 11.2 Å². The standard InChI is InChI=1S/C5H5AsN4/c6-5-7-1-3-4(10-5)9-2-8-3/h1-2H,6H2,(H,7,8,9,10). The van der Waals surface area contributed by atoms with Gasteiger partial charge in [0.1, 0.15) is 0 Å². The van der Waals surface area contributed by atoms with Gasteiger partial charge in [0.2, 0.25) is 0 Å². The molecule has 0 amide bonds. The second kappa shape index (κ2) is 2.06. The Morgan fingerprint density at radius 2 is 2.30 bits per heavy atom. The normalized spacial score (nSPS) is 10.5. The zero-order valence-electron chi connectivity index (χ0n) is 5.07. The van der Waals surface area contributed by atoms with Gasteiger partial charge in [0, 0.05) is 0 Å². The van der Waals surface area contributed by atoms with Crippen LogP contribution in [0, 0.1) is 0 Å². The number of nitrogens with one attached hydrogen (secondary N) is 1. The van der Waals surface area contributed by atoms with Crippen LogP contribution >= 0.6 is 0 Å². The number of aromatic amines is 1. The van der Waals surface area contributed by atoms with Gasteiger partial charge in [0.25, 0.3) is 0 Å². The third kappa shape index (κ3) is 0.809. The Hall–Kier alpha value is -0.892. The van der Waals surface area contributed by atoms with E-state index in [0.29, 0.717) is 0 Å². The predicted octanol–water partition coefficient (Wildman–Crippen LogP) is -1.39. The molecule has 0 saturated carbocycles. The molecule has 0 radical (unpaired) electrons. The van der Waals surface area contributed by atoms with Crippen LogP contribution in [0.5, 0.6) is 0 Å². The van der Waals surface area contributed by atoms with Crippen molar-refractivity contribution < 1.29 is 0 Å². The predicted molar refractivity (Wildman–Crippen MR) is 39.9 cm³/mol. The van der Waals surface area contributed by atoms with E-state index in [2.05, 4.69) is 19.9 Å². The first-order chi connectivity index (χ1) is 4.86. The van der Waals surface area contributed by atoms with E-state index >= 15 is 0 Å². The minimum atomic E-state index is 0.814. The first-order valence-electron chi connectivity index (χ1n) is 2.78. The fourth-order valence-corrected chi connectivity index (χ4v) is 1.18. The molecule has 0 bridgehead atoms. The van der Waals surface area contributed by atoms with Crippen molar-refractivity contribution in [1.29, 1.82) is 0 Å². The molecular weight excluding hydrogens is 191 g/mol. The molecule has 1 N–H and O–H groups in total. The van der Waals surface area contributed by atoms with E-state index in [9.17, 15) is 0 Å². The van der Waals surface area contributed by atoms with Gasteiger partial charge in [-0.1, -0.05) is 0 Å². The Morgan fingerprint density at radius 1 is 1.40 bits per heavy atom. The van der Waals surface area contributed by atoms with Crippen molar-refractivity contribution in [2.24, 2.45) is 0 Å². The van der Waals surface area contributed by atoms with Gasteiger partial charge >= 0.3 is 65.1 Å². The molecular formula is C5H5AsN4. The number of aromatic nitrogens is 4. The third-order valence-electron chi connectivity index (χ3n) is 1.19. The summed E-state index contributed by atoms with van der Waals surface area (Å²) in [6.07, 6.45) is 3.34. The Morgan fingerprint density at radius 3 is 3.20 bits per heavy atom. The number of hydrogen-bond acceptors (Lipinski definition) is 3. The fraction of sp³-hybridized carbons (Fsp3) is 0. The molecule has 50 valence electrons. The Bertz CT molecular complexity index is 355. The van der Waals surface area contributed by atoms with Crippen LogP contribution < -0.4 is 4.61 Å². The van der Waals surface area contributed by atoms with Crippen molar-refractivity contribution in [1.82, 2.24) is 19.9 Å². The first kappa shape index (κ1) is 5.86. The minimum absolute atomic E-state index is 0.814. The second-order valence-electron chi connectivity index (χ2n) is 1.86. The quantitative estimate of drug-likeness (QED) is 0.528. The molecule has 10 heavy (non-hydrogen) atoms. The summed E-state index contributed by atoms with van der Waals surface area (Å²) in [7, 11) is 0. The number of hydrogen-bond donors (Lipinski definition) is 1. The molecule has 2 aromatic heterocycles. The van der Waals surface area contributed by atoms with Crippen LogP contribution in [-0.2, 0) is 0 Å². The molecule has 1 atom stereocenters. The zero-order chi connectivity index (χ0) is 6.97. The first-order valence-corrected chi connectivity index (χ1v) is 3.99. The average molecular weight is 196 g/mol. The van der Waals surface area contributed by atoms with E-state index in [0.717, 1.165) is 15.8 Å². The van der Waals surface area contributed by atoms with Crippen molar-refractivity contribution >= 4 is 32.6 Å². The van der Waals surface area contributed by atoms with E-state index in [1.807, 2.05) is 0 Å². The van der Waals surface area contributed by atoms with Gasteiger partial charge in [0.15, 0.2) is 0 Å². The van der Waals surface area contributed by atoms with Crippen LogP contribution in [0.3, 0.4) is 0 Å². The van der Waals surface area contributed by atoms with Crippen LogP contribution in [-0.4, -0.2) is 36.8 Å². The molecule has 5 heteroatoms. The molecule has 0 spiro atoms. The molecule has 0 aliphatic carbocycles. The average Bonchev–Trinajstić information content (AvgIpc) is 2.33. The summed E-state index contributed by atoms with van der Waals surface area (Å²) < 4.78 is 0.823. The number of imidazole rings is 1. The van der Waals surface area contributed by atoms with Gasteiger partial charge in [-0.15, -0.1) is 0 Å². The summed E-state index contributed by atoms with van der Waals surface area (Å²) >= 11 is 1.41. The zero-order valence-corrected chi connectivity index (χ0v) is 7.50. The number of H-pyrrole nitrogens is 1. The van der Waals surface area contributed by atoms with Gasteiger partial charge in [0.05, 0.1) is 0 Å². The van der Waals surface area contributed by atoms with Crippen molar-refractivity contribution in [2.45, 2.75) is 0 Å². The van der Waals surface area contributed by atoms with Crippen LogP contribution in [0.4, 0.5) is 0 Å².